The van der Waals surface area contributed by atoms with Gasteiger partial charge in [0.2, 0.25) is 11.9 Å². The number of carbonyl (C=O) groups is 1. The molecule has 0 atom stereocenters. The minimum absolute atomic E-state index is 0.0359. The highest BCUT2D eigenvalue weighted by molar-refractivity contribution is 5.87. The third-order valence-electron chi connectivity index (χ3n) is 2.86. The molecule has 4 N–H and O–H groups in total. The Balaban J connectivity index is 2.00. The smallest absolute Gasteiger partial charge is 0.226 e. The molecule has 0 unspecified atom stereocenters. The van der Waals surface area contributed by atoms with E-state index >= 15 is 0 Å². The lowest BCUT2D eigenvalue weighted by Crippen LogP contribution is -2.26. The van der Waals surface area contributed by atoms with Crippen LogP contribution in [-0.2, 0) is 4.79 Å². The van der Waals surface area contributed by atoms with E-state index in [-0.39, 0.29) is 5.91 Å². The zero-order valence-electron chi connectivity index (χ0n) is 12.4. The Bertz CT molecular complexity index is 595. The van der Waals surface area contributed by atoms with E-state index in [0.717, 1.165) is 18.4 Å². The number of nitrogens with zero attached hydrogens (tertiary/aromatic N) is 3. The molecule has 0 fully saturated rings. The van der Waals surface area contributed by atoms with Gasteiger partial charge in [0.1, 0.15) is 5.82 Å². The zero-order valence-corrected chi connectivity index (χ0v) is 12.4. The van der Waals surface area contributed by atoms with Crippen molar-refractivity contribution in [2.24, 2.45) is 0 Å². The summed E-state index contributed by atoms with van der Waals surface area (Å²) < 4.78 is 0. The van der Waals surface area contributed by atoms with Gasteiger partial charge in [-0.1, -0.05) is 6.92 Å². The largest absolute Gasteiger partial charge is 0.369 e. The monoisotopic (exact) mass is 291 g/mol. The molecular weight excluding hydrogens is 270 g/mol. The van der Waals surface area contributed by atoms with E-state index in [4.69, 9.17) is 0 Å². The molecule has 2 heterocycles. The third-order valence-corrected chi connectivity index (χ3v) is 2.86. The molecule has 0 saturated heterocycles. The van der Waals surface area contributed by atoms with Crippen molar-refractivity contribution in [2.45, 2.75) is 26.7 Å². The van der Waals surface area contributed by atoms with Gasteiger partial charge in [0.15, 0.2) is 5.65 Å². The summed E-state index contributed by atoms with van der Waals surface area (Å²) in [6, 6.07) is 0. The molecule has 0 aliphatic heterocycles. The van der Waals surface area contributed by atoms with E-state index in [0.29, 0.717) is 36.9 Å². The Labute approximate surface area is 123 Å². The number of carbonyl (C=O) groups excluding carboxylic acids is 1. The lowest BCUT2D eigenvalue weighted by molar-refractivity contribution is -0.120. The van der Waals surface area contributed by atoms with Crippen LogP contribution in [0.25, 0.3) is 11.0 Å². The van der Waals surface area contributed by atoms with Crippen molar-refractivity contribution in [1.29, 1.82) is 0 Å². The van der Waals surface area contributed by atoms with Crippen LogP contribution in [0.5, 0.6) is 0 Å². The molecule has 0 aliphatic rings. The molecule has 8 nitrogen and oxygen atoms in total. The number of amides is 1. The molecule has 8 heteroatoms. The molecule has 114 valence electrons. The Hall–Kier alpha value is -2.38. The molecule has 0 saturated carbocycles. The summed E-state index contributed by atoms with van der Waals surface area (Å²) in [5.74, 6) is 1.24. The highest BCUT2D eigenvalue weighted by Gasteiger charge is 2.09. The number of aromatic nitrogens is 4. The molecule has 0 spiro atoms. The van der Waals surface area contributed by atoms with Crippen LogP contribution in [0.15, 0.2) is 6.20 Å². The van der Waals surface area contributed by atoms with Crippen LogP contribution in [0.3, 0.4) is 0 Å². The average Bonchev–Trinajstić information content (AvgIpc) is 2.94. The maximum Gasteiger partial charge on any atom is 0.226 e. The van der Waals surface area contributed by atoms with E-state index in [1.54, 1.807) is 6.20 Å². The van der Waals surface area contributed by atoms with Gasteiger partial charge in [0.25, 0.3) is 0 Å². The number of hydrogen-bond donors (Lipinski definition) is 4. The van der Waals surface area contributed by atoms with Gasteiger partial charge in [-0.05, 0) is 13.3 Å². The fourth-order valence-electron chi connectivity index (χ4n) is 1.85. The van der Waals surface area contributed by atoms with Gasteiger partial charge in [-0.25, -0.2) is 0 Å². The topological polar surface area (TPSA) is 108 Å². The maximum atomic E-state index is 11.6. The van der Waals surface area contributed by atoms with Crippen molar-refractivity contribution >= 4 is 28.7 Å². The van der Waals surface area contributed by atoms with Gasteiger partial charge in [-0.3, -0.25) is 9.89 Å². The Morgan fingerprint density at radius 1 is 1.24 bits per heavy atom. The molecule has 2 aromatic rings. The number of nitrogens with one attached hydrogen (secondary N) is 4. The second kappa shape index (κ2) is 7.41. The fraction of sp³-hybridized carbons (Fsp3) is 0.538. The van der Waals surface area contributed by atoms with E-state index in [2.05, 4.69) is 36.1 Å². The number of aromatic amines is 1. The predicted octanol–water partition coefficient (Wildman–Crippen LogP) is 1.11. The summed E-state index contributed by atoms with van der Waals surface area (Å²) >= 11 is 0. The van der Waals surface area contributed by atoms with Crippen LogP contribution in [0.1, 0.15) is 26.7 Å². The molecule has 2 aromatic heterocycles. The summed E-state index contributed by atoms with van der Waals surface area (Å²) in [4.78, 5) is 20.3. The highest BCUT2D eigenvalue weighted by Crippen LogP contribution is 2.19. The Morgan fingerprint density at radius 3 is 2.86 bits per heavy atom. The second-order valence-corrected chi connectivity index (χ2v) is 4.59. The summed E-state index contributed by atoms with van der Waals surface area (Å²) in [6.45, 7) is 5.96. The number of hydrogen-bond acceptors (Lipinski definition) is 6. The van der Waals surface area contributed by atoms with Gasteiger partial charge in [-0.2, -0.15) is 15.1 Å². The summed E-state index contributed by atoms with van der Waals surface area (Å²) in [6.07, 6.45) is 3.01. The summed E-state index contributed by atoms with van der Waals surface area (Å²) in [5.41, 5.74) is 0.666. The molecule has 21 heavy (non-hydrogen) atoms. The van der Waals surface area contributed by atoms with E-state index in [9.17, 15) is 4.79 Å². The van der Waals surface area contributed by atoms with Crippen molar-refractivity contribution in [2.75, 3.05) is 30.3 Å². The van der Waals surface area contributed by atoms with Crippen LogP contribution in [0.4, 0.5) is 11.8 Å². The predicted molar refractivity (Wildman–Crippen MR) is 82.3 cm³/mol. The Kier molecular flexibility index (Phi) is 5.30. The zero-order chi connectivity index (χ0) is 15.1. The first-order valence-corrected chi connectivity index (χ1v) is 7.20. The van der Waals surface area contributed by atoms with Gasteiger partial charge in [0.05, 0.1) is 11.6 Å². The molecule has 1 amide bonds. The number of H-pyrrole nitrogens is 1. The number of fused-ring (bicyclic) bond motifs is 1. The molecular formula is C13H21N7O. The third kappa shape index (κ3) is 4.04. The first-order chi connectivity index (χ1) is 10.2. The maximum absolute atomic E-state index is 11.6. The van der Waals surface area contributed by atoms with Crippen molar-refractivity contribution in [3.8, 4) is 0 Å². The average molecular weight is 291 g/mol. The highest BCUT2D eigenvalue weighted by atomic mass is 16.1. The SMILES string of the molecule is CCCNC(=O)CCNc1nc(NCC)nc2[nH]ncc12. The number of rotatable bonds is 8. The van der Waals surface area contributed by atoms with Crippen molar-refractivity contribution in [3.05, 3.63) is 6.20 Å². The van der Waals surface area contributed by atoms with Gasteiger partial charge in [-0.15, -0.1) is 0 Å². The van der Waals surface area contributed by atoms with Gasteiger partial charge < -0.3 is 16.0 Å². The molecule has 0 radical (unpaired) electrons. The van der Waals surface area contributed by atoms with Crippen LogP contribution in [-0.4, -0.2) is 45.7 Å². The Morgan fingerprint density at radius 2 is 2.10 bits per heavy atom. The standard InChI is InChI=1S/C13H21N7O/c1-3-6-15-10(21)5-7-16-11-9-8-17-20-12(9)19-13(18-11)14-4-2/h8H,3-7H2,1-2H3,(H,15,21)(H3,14,16,17,18,19,20). The lowest BCUT2D eigenvalue weighted by Gasteiger charge is -2.09. The normalized spacial score (nSPS) is 10.6. The fourth-order valence-corrected chi connectivity index (χ4v) is 1.85. The molecule has 0 aromatic carbocycles. The van der Waals surface area contributed by atoms with Gasteiger partial charge in [0, 0.05) is 26.1 Å². The quantitative estimate of drug-likeness (QED) is 0.580. The van der Waals surface area contributed by atoms with E-state index < -0.39 is 0 Å². The first kappa shape index (κ1) is 15.0. The van der Waals surface area contributed by atoms with Crippen LogP contribution in [0, 0.1) is 0 Å². The van der Waals surface area contributed by atoms with Crippen molar-refractivity contribution in [3.63, 3.8) is 0 Å². The lowest BCUT2D eigenvalue weighted by atomic mass is 10.3. The molecule has 0 bridgehead atoms. The first-order valence-electron chi connectivity index (χ1n) is 7.20. The number of anilines is 2. The minimum Gasteiger partial charge on any atom is -0.369 e. The van der Waals surface area contributed by atoms with Crippen LogP contribution < -0.4 is 16.0 Å². The summed E-state index contributed by atoms with van der Waals surface area (Å²) in [5, 5.41) is 16.7. The van der Waals surface area contributed by atoms with Gasteiger partial charge >= 0.3 is 0 Å². The second-order valence-electron chi connectivity index (χ2n) is 4.59. The molecule has 0 aliphatic carbocycles. The van der Waals surface area contributed by atoms with E-state index in [1.165, 1.54) is 0 Å². The molecule has 2 rings (SSSR count). The summed E-state index contributed by atoms with van der Waals surface area (Å²) in [7, 11) is 0. The minimum atomic E-state index is 0.0359. The van der Waals surface area contributed by atoms with E-state index in [1.807, 2.05) is 13.8 Å². The van der Waals surface area contributed by atoms with Crippen LogP contribution in [0.2, 0.25) is 0 Å². The van der Waals surface area contributed by atoms with Crippen molar-refractivity contribution in [1.82, 2.24) is 25.5 Å². The van der Waals surface area contributed by atoms with Crippen LogP contribution >= 0.6 is 0 Å². The van der Waals surface area contributed by atoms with Crippen molar-refractivity contribution < 1.29 is 4.79 Å².